The van der Waals surface area contributed by atoms with Crippen LogP contribution in [-0.2, 0) is 13.0 Å². The minimum Gasteiger partial charge on any atom is -0.468 e. The molecular formula is C12H12ClNO. The summed E-state index contributed by atoms with van der Waals surface area (Å²) in [5.41, 5.74) is 7.76. The molecule has 0 aliphatic heterocycles. The van der Waals surface area contributed by atoms with E-state index in [-0.39, 0.29) is 0 Å². The predicted octanol–water partition coefficient (Wildman–Crippen LogP) is 2.98. The highest BCUT2D eigenvalue weighted by Gasteiger charge is 2.07. The van der Waals surface area contributed by atoms with Crippen LogP contribution in [0.15, 0.2) is 41.0 Å². The maximum absolute atomic E-state index is 6.07. The molecule has 0 unspecified atom stereocenters. The van der Waals surface area contributed by atoms with E-state index in [1.165, 1.54) is 0 Å². The van der Waals surface area contributed by atoms with E-state index in [9.17, 15) is 0 Å². The summed E-state index contributed by atoms with van der Waals surface area (Å²) in [6.45, 7) is 0.423. The SMILES string of the molecule is NCc1occc1Cc1ccccc1Cl. The molecule has 2 nitrogen and oxygen atoms in total. The van der Waals surface area contributed by atoms with E-state index in [0.29, 0.717) is 6.54 Å². The molecule has 0 amide bonds. The zero-order valence-corrected chi connectivity index (χ0v) is 9.00. The largest absolute Gasteiger partial charge is 0.468 e. The van der Waals surface area contributed by atoms with Crippen LogP contribution < -0.4 is 5.73 Å². The molecule has 0 atom stereocenters. The number of nitrogens with two attached hydrogens (primary N) is 1. The molecule has 15 heavy (non-hydrogen) atoms. The molecule has 0 saturated heterocycles. The molecule has 0 spiro atoms. The number of hydrogen-bond acceptors (Lipinski definition) is 2. The standard InChI is InChI=1S/C12H12ClNO/c13-11-4-2-1-3-9(11)7-10-5-6-15-12(10)8-14/h1-6H,7-8,14H2. The summed E-state index contributed by atoms with van der Waals surface area (Å²) in [7, 11) is 0. The molecule has 0 radical (unpaired) electrons. The van der Waals surface area contributed by atoms with Crippen LogP contribution in [0.4, 0.5) is 0 Å². The fourth-order valence-corrected chi connectivity index (χ4v) is 1.75. The normalized spacial score (nSPS) is 10.5. The summed E-state index contributed by atoms with van der Waals surface area (Å²) >= 11 is 6.07. The fraction of sp³-hybridized carbons (Fsp3) is 0.167. The number of benzene rings is 1. The second-order valence-electron chi connectivity index (χ2n) is 3.34. The third kappa shape index (κ3) is 2.22. The lowest BCUT2D eigenvalue weighted by Gasteiger charge is -2.03. The van der Waals surface area contributed by atoms with Gasteiger partial charge in [0.15, 0.2) is 0 Å². The lowest BCUT2D eigenvalue weighted by atomic mass is 10.1. The minimum atomic E-state index is 0.423. The Morgan fingerprint density at radius 1 is 1.13 bits per heavy atom. The molecule has 0 bridgehead atoms. The summed E-state index contributed by atoms with van der Waals surface area (Å²) in [4.78, 5) is 0. The van der Waals surface area contributed by atoms with Crippen LogP contribution >= 0.6 is 11.6 Å². The molecule has 78 valence electrons. The van der Waals surface area contributed by atoms with Crippen LogP contribution in [0, 0.1) is 0 Å². The molecule has 3 heteroatoms. The lowest BCUT2D eigenvalue weighted by Crippen LogP contribution is -1.99. The Kier molecular flexibility index (Phi) is 3.09. The van der Waals surface area contributed by atoms with Crippen LogP contribution in [0.2, 0.25) is 5.02 Å². The van der Waals surface area contributed by atoms with Crippen molar-refractivity contribution < 1.29 is 4.42 Å². The van der Waals surface area contributed by atoms with E-state index in [1.54, 1.807) is 6.26 Å². The van der Waals surface area contributed by atoms with Gasteiger partial charge in [-0.15, -0.1) is 0 Å². The summed E-state index contributed by atoms with van der Waals surface area (Å²) in [5, 5.41) is 0.779. The zero-order valence-electron chi connectivity index (χ0n) is 8.24. The summed E-state index contributed by atoms with van der Waals surface area (Å²) in [6, 6.07) is 9.73. The second-order valence-corrected chi connectivity index (χ2v) is 3.75. The number of furan rings is 1. The van der Waals surface area contributed by atoms with Gasteiger partial charge in [0.2, 0.25) is 0 Å². The third-order valence-electron chi connectivity index (χ3n) is 2.36. The third-order valence-corrected chi connectivity index (χ3v) is 2.73. The highest BCUT2D eigenvalue weighted by atomic mass is 35.5. The Morgan fingerprint density at radius 2 is 1.93 bits per heavy atom. The van der Waals surface area contributed by atoms with Gasteiger partial charge in [-0.2, -0.15) is 0 Å². The molecule has 2 N–H and O–H groups in total. The highest BCUT2D eigenvalue weighted by Crippen LogP contribution is 2.21. The summed E-state index contributed by atoms with van der Waals surface area (Å²) in [5.74, 6) is 0.829. The zero-order chi connectivity index (χ0) is 10.7. The van der Waals surface area contributed by atoms with Gasteiger partial charge in [-0.05, 0) is 23.3 Å². The molecule has 0 aliphatic carbocycles. The van der Waals surface area contributed by atoms with Crippen LogP contribution in [-0.4, -0.2) is 0 Å². The van der Waals surface area contributed by atoms with E-state index in [4.69, 9.17) is 21.8 Å². The Labute approximate surface area is 93.7 Å². The molecule has 2 aromatic rings. The first-order valence-electron chi connectivity index (χ1n) is 4.80. The Bertz CT molecular complexity index is 450. The highest BCUT2D eigenvalue weighted by molar-refractivity contribution is 6.31. The Balaban J connectivity index is 2.26. The lowest BCUT2D eigenvalue weighted by molar-refractivity contribution is 0.508. The first-order valence-corrected chi connectivity index (χ1v) is 5.18. The monoisotopic (exact) mass is 221 g/mol. The average molecular weight is 222 g/mol. The van der Waals surface area contributed by atoms with Crippen molar-refractivity contribution in [1.29, 1.82) is 0 Å². The van der Waals surface area contributed by atoms with E-state index in [1.807, 2.05) is 30.3 Å². The van der Waals surface area contributed by atoms with Gasteiger partial charge in [0.05, 0.1) is 12.8 Å². The molecule has 2 rings (SSSR count). The number of halogens is 1. The average Bonchev–Trinajstić information content (AvgIpc) is 2.69. The van der Waals surface area contributed by atoms with Crippen molar-refractivity contribution in [2.75, 3.05) is 0 Å². The van der Waals surface area contributed by atoms with E-state index < -0.39 is 0 Å². The van der Waals surface area contributed by atoms with E-state index in [0.717, 1.165) is 28.3 Å². The van der Waals surface area contributed by atoms with Gasteiger partial charge in [0, 0.05) is 11.4 Å². The smallest absolute Gasteiger partial charge is 0.120 e. The fourth-order valence-electron chi connectivity index (χ4n) is 1.55. The van der Waals surface area contributed by atoms with E-state index >= 15 is 0 Å². The molecule has 1 heterocycles. The quantitative estimate of drug-likeness (QED) is 0.866. The molecule has 1 aromatic heterocycles. The van der Waals surface area contributed by atoms with Crippen LogP contribution in [0.1, 0.15) is 16.9 Å². The van der Waals surface area contributed by atoms with E-state index in [2.05, 4.69) is 0 Å². The number of hydrogen-bond donors (Lipinski definition) is 1. The number of rotatable bonds is 3. The first kappa shape index (κ1) is 10.3. The molecule has 0 fully saturated rings. The van der Waals surface area contributed by atoms with Crippen LogP contribution in [0.3, 0.4) is 0 Å². The summed E-state index contributed by atoms with van der Waals surface area (Å²) < 4.78 is 5.26. The second kappa shape index (κ2) is 4.51. The van der Waals surface area contributed by atoms with Gasteiger partial charge in [-0.3, -0.25) is 0 Å². The van der Waals surface area contributed by atoms with Crippen molar-refractivity contribution in [3.63, 3.8) is 0 Å². The molecule has 0 aliphatic rings. The molecular weight excluding hydrogens is 210 g/mol. The maximum Gasteiger partial charge on any atom is 0.120 e. The van der Waals surface area contributed by atoms with Crippen molar-refractivity contribution in [2.24, 2.45) is 5.73 Å². The van der Waals surface area contributed by atoms with Crippen molar-refractivity contribution in [3.05, 3.63) is 58.5 Å². The van der Waals surface area contributed by atoms with Crippen LogP contribution in [0.25, 0.3) is 0 Å². The van der Waals surface area contributed by atoms with Gasteiger partial charge in [0.25, 0.3) is 0 Å². The van der Waals surface area contributed by atoms with Gasteiger partial charge in [-0.1, -0.05) is 29.8 Å². The van der Waals surface area contributed by atoms with Gasteiger partial charge in [-0.25, -0.2) is 0 Å². The topological polar surface area (TPSA) is 39.2 Å². The van der Waals surface area contributed by atoms with Crippen molar-refractivity contribution in [3.8, 4) is 0 Å². The predicted molar refractivity (Wildman–Crippen MR) is 60.9 cm³/mol. The minimum absolute atomic E-state index is 0.423. The van der Waals surface area contributed by atoms with Crippen molar-refractivity contribution in [1.82, 2.24) is 0 Å². The van der Waals surface area contributed by atoms with Crippen molar-refractivity contribution >= 4 is 11.6 Å². The summed E-state index contributed by atoms with van der Waals surface area (Å²) in [6.07, 6.45) is 2.43. The first-order chi connectivity index (χ1) is 7.31. The van der Waals surface area contributed by atoms with Gasteiger partial charge in [0.1, 0.15) is 5.76 Å². The van der Waals surface area contributed by atoms with Crippen molar-refractivity contribution in [2.45, 2.75) is 13.0 Å². The van der Waals surface area contributed by atoms with Gasteiger partial charge < -0.3 is 10.2 Å². The molecule has 1 aromatic carbocycles. The Morgan fingerprint density at radius 3 is 2.67 bits per heavy atom. The van der Waals surface area contributed by atoms with Crippen LogP contribution in [0.5, 0.6) is 0 Å². The van der Waals surface area contributed by atoms with Gasteiger partial charge >= 0.3 is 0 Å². The maximum atomic E-state index is 6.07. The Hall–Kier alpha value is -1.25. The molecule has 0 saturated carbocycles.